The van der Waals surface area contributed by atoms with Crippen molar-refractivity contribution in [2.75, 3.05) is 19.6 Å². The van der Waals surface area contributed by atoms with Gasteiger partial charge in [-0.1, -0.05) is 28.5 Å². The lowest BCUT2D eigenvalue weighted by molar-refractivity contribution is -0.130. The van der Waals surface area contributed by atoms with Crippen LogP contribution in [-0.2, 0) is 11.2 Å². The number of benzene rings is 1. The molecule has 1 unspecified atom stereocenters. The highest BCUT2D eigenvalue weighted by Crippen LogP contribution is 2.28. The summed E-state index contributed by atoms with van der Waals surface area (Å²) < 4.78 is 10.6. The Morgan fingerprint density at radius 2 is 1.81 bits per heavy atom. The molecule has 1 atom stereocenters. The molecule has 9 nitrogen and oxygen atoms in total. The molecule has 0 spiro atoms. The van der Waals surface area contributed by atoms with Gasteiger partial charge in [0.15, 0.2) is 5.82 Å². The van der Waals surface area contributed by atoms with Gasteiger partial charge in [0.1, 0.15) is 11.8 Å². The molecular formula is C22H25N5O4. The predicted octanol–water partition coefficient (Wildman–Crippen LogP) is 2.64. The molecule has 0 bridgehead atoms. The maximum atomic E-state index is 13.3. The van der Waals surface area contributed by atoms with Gasteiger partial charge in [0.2, 0.25) is 11.8 Å². The molecular weight excluding hydrogens is 398 g/mol. The third kappa shape index (κ3) is 4.35. The molecule has 162 valence electrons. The monoisotopic (exact) mass is 423 g/mol. The first-order chi connectivity index (χ1) is 14.9. The number of amides is 2. The van der Waals surface area contributed by atoms with Crippen molar-refractivity contribution in [3.8, 4) is 0 Å². The molecule has 1 aromatic carbocycles. The van der Waals surface area contributed by atoms with Crippen LogP contribution in [0.15, 0.2) is 39.4 Å². The van der Waals surface area contributed by atoms with Crippen molar-refractivity contribution < 1.29 is 18.6 Å². The second kappa shape index (κ2) is 8.71. The molecule has 0 aliphatic carbocycles. The van der Waals surface area contributed by atoms with Gasteiger partial charge in [-0.3, -0.25) is 9.59 Å². The summed E-state index contributed by atoms with van der Waals surface area (Å²) in [5, 5.41) is 7.82. The topological polar surface area (TPSA) is 106 Å². The van der Waals surface area contributed by atoms with E-state index in [1.807, 2.05) is 25.1 Å². The van der Waals surface area contributed by atoms with Gasteiger partial charge in [-0.25, -0.2) is 0 Å². The number of aryl methyl sites for hydroxylation is 3. The molecule has 0 radical (unpaired) electrons. The van der Waals surface area contributed by atoms with E-state index >= 15 is 0 Å². The number of carbonyl (C=O) groups is 2. The second-order valence-electron chi connectivity index (χ2n) is 7.71. The second-order valence-corrected chi connectivity index (χ2v) is 7.71. The summed E-state index contributed by atoms with van der Waals surface area (Å²) in [7, 11) is 0. The van der Waals surface area contributed by atoms with Crippen LogP contribution in [0.3, 0.4) is 0 Å². The fourth-order valence-electron chi connectivity index (χ4n) is 3.89. The first-order valence-electron chi connectivity index (χ1n) is 10.3. The quantitative estimate of drug-likeness (QED) is 0.635. The Morgan fingerprint density at radius 1 is 1.03 bits per heavy atom. The lowest BCUT2D eigenvalue weighted by Gasteiger charge is -2.27. The maximum absolute atomic E-state index is 13.3. The summed E-state index contributed by atoms with van der Waals surface area (Å²) in [6.45, 7) is 6.64. The van der Waals surface area contributed by atoms with Gasteiger partial charge in [0, 0.05) is 30.8 Å². The Hall–Kier alpha value is -3.49. The zero-order valence-electron chi connectivity index (χ0n) is 17.9. The molecule has 1 fully saturated rings. The van der Waals surface area contributed by atoms with Gasteiger partial charge in [-0.15, -0.1) is 0 Å². The fourth-order valence-corrected chi connectivity index (χ4v) is 3.89. The van der Waals surface area contributed by atoms with E-state index in [0.29, 0.717) is 49.1 Å². The predicted molar refractivity (Wildman–Crippen MR) is 110 cm³/mol. The normalized spacial score (nSPS) is 16.9. The van der Waals surface area contributed by atoms with E-state index in [1.54, 1.807) is 35.8 Å². The minimum absolute atomic E-state index is 0.0242. The van der Waals surface area contributed by atoms with Crippen molar-refractivity contribution in [3.63, 3.8) is 0 Å². The van der Waals surface area contributed by atoms with E-state index in [1.165, 1.54) is 0 Å². The summed E-state index contributed by atoms with van der Waals surface area (Å²) >= 11 is 0. The van der Waals surface area contributed by atoms with Crippen LogP contribution in [0.25, 0.3) is 0 Å². The highest BCUT2D eigenvalue weighted by Gasteiger charge is 2.34. The van der Waals surface area contributed by atoms with Crippen LogP contribution in [0.2, 0.25) is 0 Å². The molecule has 4 rings (SSSR count). The average molecular weight is 423 g/mol. The van der Waals surface area contributed by atoms with Crippen molar-refractivity contribution >= 4 is 11.8 Å². The van der Waals surface area contributed by atoms with Crippen LogP contribution < -0.4 is 0 Å². The molecule has 31 heavy (non-hydrogen) atoms. The first kappa shape index (κ1) is 20.8. The number of hydrogen-bond acceptors (Lipinski definition) is 7. The number of nitrogens with zero attached hydrogens (tertiary/aromatic N) is 5. The van der Waals surface area contributed by atoms with E-state index in [2.05, 4.69) is 15.3 Å². The molecule has 0 N–H and O–H groups in total. The Kier molecular flexibility index (Phi) is 5.83. The molecule has 1 saturated heterocycles. The fraction of sp³-hybridized carbons (Fsp3) is 0.409. The lowest BCUT2D eigenvalue weighted by atomic mass is 10.1. The van der Waals surface area contributed by atoms with Crippen molar-refractivity contribution in [1.82, 2.24) is 25.1 Å². The number of rotatable bonds is 4. The van der Waals surface area contributed by atoms with Gasteiger partial charge < -0.3 is 18.8 Å². The van der Waals surface area contributed by atoms with Crippen LogP contribution in [0.5, 0.6) is 0 Å². The molecule has 2 amide bonds. The summed E-state index contributed by atoms with van der Waals surface area (Å²) in [4.78, 5) is 34.2. The minimum Gasteiger partial charge on any atom is -0.361 e. The molecule has 1 aliphatic rings. The third-order valence-corrected chi connectivity index (χ3v) is 5.63. The molecule has 3 heterocycles. The van der Waals surface area contributed by atoms with E-state index in [-0.39, 0.29) is 18.2 Å². The summed E-state index contributed by atoms with van der Waals surface area (Å²) in [6, 6.07) is 8.69. The van der Waals surface area contributed by atoms with Crippen molar-refractivity contribution in [2.24, 2.45) is 0 Å². The van der Waals surface area contributed by atoms with Gasteiger partial charge in [0.25, 0.3) is 5.91 Å². The maximum Gasteiger partial charge on any atom is 0.254 e. The lowest BCUT2D eigenvalue weighted by Crippen LogP contribution is -2.39. The zero-order valence-corrected chi connectivity index (χ0v) is 17.9. The number of carbonyl (C=O) groups excluding carboxylic acids is 2. The van der Waals surface area contributed by atoms with E-state index in [0.717, 1.165) is 11.3 Å². The van der Waals surface area contributed by atoms with Crippen LogP contribution in [0, 0.1) is 20.8 Å². The van der Waals surface area contributed by atoms with Crippen molar-refractivity contribution in [2.45, 2.75) is 39.7 Å². The highest BCUT2D eigenvalue weighted by molar-refractivity contribution is 5.94. The molecule has 1 aliphatic heterocycles. The van der Waals surface area contributed by atoms with Crippen LogP contribution in [0.4, 0.5) is 0 Å². The summed E-state index contributed by atoms with van der Waals surface area (Å²) in [5.41, 5.74) is 2.12. The SMILES string of the molecule is Cc1noc(C2CCN(C(=O)Cc3c(C)noc3C)CCN2C(=O)c2ccccc2)n1. The van der Waals surface area contributed by atoms with E-state index in [4.69, 9.17) is 9.05 Å². The Labute approximate surface area is 180 Å². The molecule has 2 aromatic heterocycles. The summed E-state index contributed by atoms with van der Waals surface area (Å²) in [6.07, 6.45) is 0.728. The van der Waals surface area contributed by atoms with Crippen LogP contribution in [-0.4, -0.2) is 56.5 Å². The van der Waals surface area contributed by atoms with E-state index in [9.17, 15) is 9.59 Å². The van der Waals surface area contributed by atoms with Gasteiger partial charge >= 0.3 is 0 Å². The minimum atomic E-state index is -0.397. The molecule has 3 aromatic rings. The molecule has 0 saturated carbocycles. The number of aromatic nitrogens is 3. The Balaban J connectivity index is 1.56. The standard InChI is InChI=1S/C22H25N5O4/c1-14-18(15(2)30-24-14)13-20(28)26-10-9-19(21-23-16(3)25-31-21)27(12-11-26)22(29)17-7-5-4-6-8-17/h4-8,19H,9-13H2,1-3H3. The number of hydrogen-bond donors (Lipinski definition) is 0. The van der Waals surface area contributed by atoms with Crippen molar-refractivity contribution in [3.05, 3.63) is 64.6 Å². The largest absolute Gasteiger partial charge is 0.361 e. The van der Waals surface area contributed by atoms with Crippen LogP contribution >= 0.6 is 0 Å². The van der Waals surface area contributed by atoms with Crippen molar-refractivity contribution in [1.29, 1.82) is 0 Å². The van der Waals surface area contributed by atoms with E-state index < -0.39 is 6.04 Å². The average Bonchev–Trinajstić information content (AvgIpc) is 3.25. The third-order valence-electron chi connectivity index (χ3n) is 5.63. The molecule has 9 heteroatoms. The van der Waals surface area contributed by atoms with Gasteiger partial charge in [-0.05, 0) is 39.3 Å². The summed E-state index contributed by atoms with van der Waals surface area (Å²) in [5.74, 6) is 1.41. The highest BCUT2D eigenvalue weighted by atomic mass is 16.5. The Bertz CT molecular complexity index is 1060. The zero-order chi connectivity index (χ0) is 22.0. The van der Waals surface area contributed by atoms with Gasteiger partial charge in [0.05, 0.1) is 12.1 Å². The van der Waals surface area contributed by atoms with Gasteiger partial charge in [-0.2, -0.15) is 4.98 Å². The Morgan fingerprint density at radius 3 is 2.45 bits per heavy atom. The smallest absolute Gasteiger partial charge is 0.254 e. The van der Waals surface area contributed by atoms with Crippen LogP contribution in [0.1, 0.15) is 51.6 Å². The first-order valence-corrected chi connectivity index (χ1v) is 10.3.